The molecule has 0 spiro atoms. The monoisotopic (exact) mass is 330 g/mol. The molecule has 1 aromatic carbocycles. The van der Waals surface area contributed by atoms with Crippen LogP contribution in [0.15, 0.2) is 29.2 Å². The van der Waals surface area contributed by atoms with Crippen molar-refractivity contribution in [3.8, 4) is 0 Å². The molecule has 0 saturated carbocycles. The zero-order valence-electron chi connectivity index (χ0n) is 11.9. The predicted octanol–water partition coefficient (Wildman–Crippen LogP) is 1.40. The second-order valence-corrected chi connectivity index (χ2v) is 8.45. The summed E-state index contributed by atoms with van der Waals surface area (Å²) in [6.45, 7) is 1.24. The molecule has 1 saturated heterocycles. The van der Waals surface area contributed by atoms with Gasteiger partial charge in [0.2, 0.25) is 10.0 Å². The number of aliphatic hydroxyl groups is 1. The maximum atomic E-state index is 12.3. The summed E-state index contributed by atoms with van der Waals surface area (Å²) in [5, 5.41) is 8.93. The molecule has 0 amide bonds. The molecule has 3 N–H and O–H groups in total. The van der Waals surface area contributed by atoms with E-state index in [1.54, 1.807) is 4.31 Å². The molecule has 2 rings (SSSR count). The Balaban J connectivity index is 1.83. The van der Waals surface area contributed by atoms with Crippen LogP contribution < -0.4 is 5.73 Å². The lowest BCUT2D eigenvalue weighted by atomic mass is 10.1. The number of sulfonamides is 1. The van der Waals surface area contributed by atoms with Crippen molar-refractivity contribution in [3.63, 3.8) is 0 Å². The highest BCUT2D eigenvalue weighted by Gasteiger charge is 2.30. The van der Waals surface area contributed by atoms with E-state index in [1.807, 2.05) is 24.3 Å². The van der Waals surface area contributed by atoms with Crippen molar-refractivity contribution in [2.45, 2.75) is 17.7 Å². The molecular weight excluding hydrogens is 308 g/mol. The van der Waals surface area contributed by atoms with Crippen LogP contribution in [0.4, 0.5) is 5.69 Å². The molecule has 1 aliphatic rings. The fraction of sp³-hybridized carbons (Fsp3) is 0.571. The highest BCUT2D eigenvalue weighted by atomic mass is 32.2. The zero-order valence-corrected chi connectivity index (χ0v) is 13.6. The number of nitrogens with zero attached hydrogens (tertiary/aromatic N) is 1. The third kappa shape index (κ3) is 4.60. The average Bonchev–Trinajstić information content (AvgIpc) is 2.91. The van der Waals surface area contributed by atoms with Gasteiger partial charge in [0.05, 0.1) is 5.75 Å². The highest BCUT2D eigenvalue weighted by Crippen LogP contribution is 2.26. The number of para-hydroxylation sites is 1. The van der Waals surface area contributed by atoms with Crippen LogP contribution >= 0.6 is 11.8 Å². The van der Waals surface area contributed by atoms with Gasteiger partial charge in [-0.05, 0) is 30.9 Å². The zero-order chi connectivity index (χ0) is 15.3. The Kier molecular flexibility index (Phi) is 5.92. The van der Waals surface area contributed by atoms with Crippen molar-refractivity contribution >= 4 is 27.5 Å². The van der Waals surface area contributed by atoms with Crippen LogP contribution in [0, 0.1) is 5.92 Å². The highest BCUT2D eigenvalue weighted by molar-refractivity contribution is 8.00. The minimum Gasteiger partial charge on any atom is -0.398 e. The molecule has 0 bridgehead atoms. The van der Waals surface area contributed by atoms with Crippen molar-refractivity contribution in [3.05, 3.63) is 24.3 Å². The van der Waals surface area contributed by atoms with Crippen LogP contribution in [-0.2, 0) is 10.0 Å². The van der Waals surface area contributed by atoms with Gasteiger partial charge in [-0.15, -0.1) is 11.8 Å². The van der Waals surface area contributed by atoms with E-state index in [0.29, 0.717) is 36.9 Å². The average molecular weight is 330 g/mol. The van der Waals surface area contributed by atoms with Crippen molar-refractivity contribution in [1.82, 2.24) is 4.31 Å². The van der Waals surface area contributed by atoms with Gasteiger partial charge in [-0.1, -0.05) is 12.1 Å². The van der Waals surface area contributed by atoms with Gasteiger partial charge in [-0.2, -0.15) is 0 Å². The van der Waals surface area contributed by atoms with Crippen LogP contribution in [-0.4, -0.2) is 49.0 Å². The topological polar surface area (TPSA) is 83.6 Å². The molecule has 7 heteroatoms. The molecule has 0 aromatic heterocycles. The second-order valence-electron chi connectivity index (χ2n) is 5.23. The summed E-state index contributed by atoms with van der Waals surface area (Å²) in [6.07, 6.45) is 1.53. The first-order valence-electron chi connectivity index (χ1n) is 7.09. The van der Waals surface area contributed by atoms with Gasteiger partial charge < -0.3 is 10.8 Å². The first kappa shape index (κ1) is 16.6. The van der Waals surface area contributed by atoms with E-state index in [-0.39, 0.29) is 12.4 Å². The maximum Gasteiger partial charge on any atom is 0.214 e. The largest absolute Gasteiger partial charge is 0.398 e. The third-order valence-corrected chi connectivity index (χ3v) is 6.89. The summed E-state index contributed by atoms with van der Waals surface area (Å²) in [6, 6.07) is 7.48. The van der Waals surface area contributed by atoms with E-state index in [1.165, 1.54) is 11.8 Å². The van der Waals surface area contributed by atoms with E-state index < -0.39 is 10.0 Å². The molecule has 0 radical (unpaired) electrons. The number of hydrogen-bond donors (Lipinski definition) is 2. The molecule has 1 aliphatic heterocycles. The summed E-state index contributed by atoms with van der Waals surface area (Å²) < 4.78 is 26.1. The van der Waals surface area contributed by atoms with E-state index in [0.717, 1.165) is 11.3 Å². The predicted molar refractivity (Wildman–Crippen MR) is 86.7 cm³/mol. The Hall–Kier alpha value is -0.760. The van der Waals surface area contributed by atoms with Crippen LogP contribution in [0.1, 0.15) is 12.8 Å². The van der Waals surface area contributed by atoms with Crippen molar-refractivity contribution in [2.75, 3.05) is 36.9 Å². The van der Waals surface area contributed by atoms with Gasteiger partial charge in [0.1, 0.15) is 0 Å². The normalized spacial score (nSPS) is 20.0. The van der Waals surface area contributed by atoms with E-state index in [4.69, 9.17) is 10.8 Å². The summed E-state index contributed by atoms with van der Waals surface area (Å²) in [5.74, 6) is 0.914. The van der Waals surface area contributed by atoms with Crippen molar-refractivity contribution in [2.24, 2.45) is 5.92 Å². The Labute approximate surface area is 130 Å². The van der Waals surface area contributed by atoms with Crippen molar-refractivity contribution in [1.29, 1.82) is 0 Å². The number of hydrogen-bond acceptors (Lipinski definition) is 5. The van der Waals surface area contributed by atoms with Crippen LogP contribution in [0.3, 0.4) is 0 Å². The molecule has 21 heavy (non-hydrogen) atoms. The van der Waals surface area contributed by atoms with Gasteiger partial charge in [-0.25, -0.2) is 12.7 Å². The van der Waals surface area contributed by atoms with Gasteiger partial charge >= 0.3 is 0 Å². The minimum absolute atomic E-state index is 0.123. The first-order chi connectivity index (χ1) is 10.0. The number of anilines is 1. The summed E-state index contributed by atoms with van der Waals surface area (Å²) in [4.78, 5) is 0.923. The molecule has 1 fully saturated rings. The van der Waals surface area contributed by atoms with Crippen molar-refractivity contribution < 1.29 is 13.5 Å². The molecule has 118 valence electrons. The van der Waals surface area contributed by atoms with Crippen LogP contribution in [0.2, 0.25) is 0 Å². The van der Waals surface area contributed by atoms with E-state index in [9.17, 15) is 8.42 Å². The number of rotatable bonds is 7. The third-order valence-electron chi connectivity index (χ3n) is 3.70. The van der Waals surface area contributed by atoms with Gasteiger partial charge in [0, 0.05) is 36.0 Å². The number of thioether (sulfide) groups is 1. The molecule has 1 atom stereocenters. The minimum atomic E-state index is -3.20. The van der Waals surface area contributed by atoms with Crippen LogP contribution in [0.25, 0.3) is 0 Å². The quantitative estimate of drug-likeness (QED) is 0.583. The van der Waals surface area contributed by atoms with E-state index >= 15 is 0 Å². The smallest absolute Gasteiger partial charge is 0.214 e. The standard InChI is InChI=1S/C14H22N2O3S2/c15-13-3-1-2-4-14(13)20-9-10-21(18,19)16-7-5-12(11-16)6-8-17/h1-4,12,17H,5-11,15H2. The molecule has 1 unspecified atom stereocenters. The molecule has 1 heterocycles. The lowest BCUT2D eigenvalue weighted by Gasteiger charge is -2.16. The number of aliphatic hydroxyl groups excluding tert-OH is 1. The van der Waals surface area contributed by atoms with Gasteiger partial charge in [0.15, 0.2) is 0 Å². The number of benzene rings is 1. The lowest BCUT2D eigenvalue weighted by molar-refractivity contribution is 0.260. The Bertz CT molecular complexity index is 563. The van der Waals surface area contributed by atoms with Gasteiger partial charge in [0.25, 0.3) is 0 Å². The second kappa shape index (κ2) is 7.49. The fourth-order valence-electron chi connectivity index (χ4n) is 2.47. The first-order valence-corrected chi connectivity index (χ1v) is 9.68. The van der Waals surface area contributed by atoms with Crippen LogP contribution in [0.5, 0.6) is 0 Å². The summed E-state index contributed by atoms with van der Waals surface area (Å²) in [5.41, 5.74) is 6.52. The SMILES string of the molecule is Nc1ccccc1SCCS(=O)(=O)N1CCC(CCO)C1. The Morgan fingerprint density at radius 1 is 1.38 bits per heavy atom. The fourth-order valence-corrected chi connectivity index (χ4v) is 5.35. The van der Waals surface area contributed by atoms with E-state index in [2.05, 4.69) is 0 Å². The maximum absolute atomic E-state index is 12.3. The Morgan fingerprint density at radius 3 is 2.86 bits per heavy atom. The molecule has 0 aliphatic carbocycles. The summed E-state index contributed by atoms with van der Waals surface area (Å²) >= 11 is 1.47. The lowest BCUT2D eigenvalue weighted by Crippen LogP contribution is -2.31. The molecule has 1 aromatic rings. The number of nitrogen functional groups attached to an aromatic ring is 1. The molecule has 5 nitrogen and oxygen atoms in total. The Morgan fingerprint density at radius 2 is 2.14 bits per heavy atom. The number of nitrogens with two attached hydrogens (primary N) is 1. The summed E-state index contributed by atoms with van der Waals surface area (Å²) in [7, 11) is -3.20. The molecular formula is C14H22N2O3S2. The van der Waals surface area contributed by atoms with Gasteiger partial charge in [-0.3, -0.25) is 0 Å².